The number of hydrogen-bond donors (Lipinski definition) is 0. The van der Waals surface area contributed by atoms with Gasteiger partial charge in [-0.25, -0.2) is 4.39 Å². The van der Waals surface area contributed by atoms with E-state index in [-0.39, 0.29) is 10.5 Å². The maximum Gasteiger partial charge on any atom is 0.189 e. The van der Waals surface area contributed by atoms with Crippen LogP contribution < -0.4 is 5.43 Å². The van der Waals surface area contributed by atoms with Crippen molar-refractivity contribution in [2.75, 3.05) is 0 Å². The summed E-state index contributed by atoms with van der Waals surface area (Å²) in [5, 5.41) is 0.316. The fraction of sp³-hybridized carbons (Fsp3) is 0. The van der Waals surface area contributed by atoms with Crippen LogP contribution in [0.5, 0.6) is 0 Å². The smallest absolute Gasteiger partial charge is 0.189 e. The molecule has 0 aliphatic carbocycles. The van der Waals surface area contributed by atoms with Crippen LogP contribution in [0.15, 0.2) is 59.5 Å². The Kier molecular flexibility index (Phi) is 2.84. The molecular weight excluding hydrogens is 265 g/mol. The molecule has 94 valence electrons. The zero-order chi connectivity index (χ0) is 13.4. The van der Waals surface area contributed by atoms with Crippen molar-refractivity contribution in [1.82, 2.24) is 4.57 Å². The van der Waals surface area contributed by atoms with Gasteiger partial charge in [-0.3, -0.25) is 4.79 Å². The number of benzene rings is 2. The molecule has 0 N–H and O–H groups in total. The second kappa shape index (κ2) is 4.52. The van der Waals surface area contributed by atoms with E-state index >= 15 is 0 Å². The van der Waals surface area contributed by atoms with Gasteiger partial charge in [0.25, 0.3) is 0 Å². The summed E-state index contributed by atoms with van der Waals surface area (Å²) < 4.78 is 15.3. The first-order valence-electron chi connectivity index (χ1n) is 5.72. The number of nitrogens with zero attached hydrogens (tertiary/aromatic N) is 1. The second-order valence-electron chi connectivity index (χ2n) is 4.17. The standard InChI is InChI=1S/C15H9ClFNO/c16-12-9-14-11(8-13(12)17)15(19)6-7-18(14)10-4-2-1-3-5-10/h1-9H. The van der Waals surface area contributed by atoms with Gasteiger partial charge in [-0.2, -0.15) is 0 Å². The van der Waals surface area contributed by atoms with Crippen LogP contribution in [0.4, 0.5) is 4.39 Å². The van der Waals surface area contributed by atoms with Gasteiger partial charge in [-0.1, -0.05) is 29.8 Å². The van der Waals surface area contributed by atoms with Crippen molar-refractivity contribution < 1.29 is 4.39 Å². The summed E-state index contributed by atoms with van der Waals surface area (Å²) in [7, 11) is 0. The first kappa shape index (κ1) is 11.9. The van der Waals surface area contributed by atoms with Gasteiger partial charge in [0.2, 0.25) is 0 Å². The maximum atomic E-state index is 13.5. The van der Waals surface area contributed by atoms with Crippen molar-refractivity contribution in [3.63, 3.8) is 0 Å². The number of hydrogen-bond acceptors (Lipinski definition) is 1. The molecule has 3 aromatic rings. The molecule has 0 spiro atoms. The highest BCUT2D eigenvalue weighted by Crippen LogP contribution is 2.23. The van der Waals surface area contributed by atoms with E-state index in [0.29, 0.717) is 10.9 Å². The molecule has 0 aliphatic rings. The summed E-state index contributed by atoms with van der Waals surface area (Å²) in [4.78, 5) is 11.8. The van der Waals surface area contributed by atoms with E-state index in [1.54, 1.807) is 6.20 Å². The quantitative estimate of drug-likeness (QED) is 0.661. The first-order chi connectivity index (χ1) is 9.16. The molecular formula is C15H9ClFNO. The molecule has 4 heteroatoms. The summed E-state index contributed by atoms with van der Waals surface area (Å²) in [6.45, 7) is 0. The highest BCUT2D eigenvalue weighted by molar-refractivity contribution is 6.31. The van der Waals surface area contributed by atoms with Crippen LogP contribution in [-0.4, -0.2) is 4.57 Å². The Morgan fingerprint density at radius 3 is 2.53 bits per heavy atom. The van der Waals surface area contributed by atoms with E-state index in [1.807, 2.05) is 34.9 Å². The highest BCUT2D eigenvalue weighted by atomic mass is 35.5. The first-order valence-corrected chi connectivity index (χ1v) is 6.10. The molecule has 0 atom stereocenters. The zero-order valence-corrected chi connectivity index (χ0v) is 10.6. The fourth-order valence-electron chi connectivity index (χ4n) is 2.06. The third kappa shape index (κ3) is 2.02. The van der Waals surface area contributed by atoms with Gasteiger partial charge in [0.1, 0.15) is 5.82 Å². The Labute approximate surface area is 113 Å². The summed E-state index contributed by atoms with van der Waals surface area (Å²) in [6, 6.07) is 13.6. The van der Waals surface area contributed by atoms with Gasteiger partial charge in [-0.15, -0.1) is 0 Å². The molecule has 0 aliphatic heterocycles. The molecule has 3 rings (SSSR count). The topological polar surface area (TPSA) is 22.0 Å². The normalized spacial score (nSPS) is 10.8. The average molecular weight is 274 g/mol. The molecule has 19 heavy (non-hydrogen) atoms. The van der Waals surface area contributed by atoms with Gasteiger partial charge in [0, 0.05) is 23.3 Å². The van der Waals surface area contributed by atoms with Crippen molar-refractivity contribution in [1.29, 1.82) is 0 Å². The second-order valence-corrected chi connectivity index (χ2v) is 4.58. The van der Waals surface area contributed by atoms with Crippen LogP contribution in [-0.2, 0) is 0 Å². The molecule has 2 nitrogen and oxygen atoms in total. The SMILES string of the molecule is O=c1ccn(-c2ccccc2)c2cc(Cl)c(F)cc12. The van der Waals surface area contributed by atoms with Gasteiger partial charge < -0.3 is 4.57 Å². The lowest BCUT2D eigenvalue weighted by atomic mass is 10.2. The van der Waals surface area contributed by atoms with Crippen molar-refractivity contribution in [3.8, 4) is 5.69 Å². The van der Waals surface area contributed by atoms with Crippen LogP contribution in [0, 0.1) is 5.82 Å². The largest absolute Gasteiger partial charge is 0.316 e. The molecule has 2 aromatic carbocycles. The van der Waals surface area contributed by atoms with Crippen LogP contribution >= 0.6 is 11.6 Å². The number of para-hydroxylation sites is 1. The maximum absolute atomic E-state index is 13.5. The van der Waals surface area contributed by atoms with Crippen molar-refractivity contribution in [2.24, 2.45) is 0 Å². The van der Waals surface area contributed by atoms with Crippen LogP contribution in [0.2, 0.25) is 5.02 Å². The monoisotopic (exact) mass is 273 g/mol. The summed E-state index contributed by atoms with van der Waals surface area (Å²) >= 11 is 5.81. The van der Waals surface area contributed by atoms with E-state index in [2.05, 4.69) is 0 Å². The van der Waals surface area contributed by atoms with E-state index in [1.165, 1.54) is 18.2 Å². The average Bonchev–Trinajstić information content (AvgIpc) is 2.42. The van der Waals surface area contributed by atoms with Crippen LogP contribution in [0.25, 0.3) is 16.6 Å². The lowest BCUT2D eigenvalue weighted by Gasteiger charge is -2.11. The number of aromatic nitrogens is 1. The Morgan fingerprint density at radius 1 is 1.05 bits per heavy atom. The minimum atomic E-state index is -0.586. The summed E-state index contributed by atoms with van der Waals surface area (Å²) in [6.07, 6.45) is 1.66. The molecule has 0 bridgehead atoms. The molecule has 0 saturated carbocycles. The van der Waals surface area contributed by atoms with Crippen molar-refractivity contribution >= 4 is 22.5 Å². The van der Waals surface area contributed by atoms with Crippen molar-refractivity contribution in [3.05, 3.63) is 75.8 Å². The predicted molar refractivity (Wildman–Crippen MR) is 74.5 cm³/mol. The molecule has 0 fully saturated rings. The predicted octanol–water partition coefficient (Wildman–Crippen LogP) is 3.78. The van der Waals surface area contributed by atoms with E-state index in [0.717, 1.165) is 5.69 Å². The number of pyridine rings is 1. The highest BCUT2D eigenvalue weighted by Gasteiger charge is 2.09. The van der Waals surface area contributed by atoms with Crippen molar-refractivity contribution in [2.45, 2.75) is 0 Å². The fourth-order valence-corrected chi connectivity index (χ4v) is 2.22. The molecule has 1 heterocycles. The summed E-state index contributed by atoms with van der Waals surface area (Å²) in [5.41, 5.74) is 1.25. The Hall–Kier alpha value is -2.13. The third-order valence-electron chi connectivity index (χ3n) is 2.97. The Morgan fingerprint density at radius 2 is 1.79 bits per heavy atom. The minimum Gasteiger partial charge on any atom is -0.316 e. The van der Waals surface area contributed by atoms with Gasteiger partial charge in [0.15, 0.2) is 5.43 Å². The lowest BCUT2D eigenvalue weighted by Crippen LogP contribution is -2.07. The molecule has 0 radical (unpaired) electrons. The lowest BCUT2D eigenvalue weighted by molar-refractivity contribution is 0.630. The Balaban J connectivity index is 2.42. The number of fused-ring (bicyclic) bond motifs is 1. The molecule has 0 amide bonds. The minimum absolute atomic E-state index is 0.00258. The van der Waals surface area contributed by atoms with Crippen LogP contribution in [0.3, 0.4) is 0 Å². The molecule has 1 aromatic heterocycles. The zero-order valence-electron chi connectivity index (χ0n) is 9.81. The van der Waals surface area contributed by atoms with Gasteiger partial charge in [-0.05, 0) is 24.3 Å². The molecule has 0 unspecified atom stereocenters. The molecule has 0 saturated heterocycles. The number of rotatable bonds is 1. The van der Waals surface area contributed by atoms with Gasteiger partial charge >= 0.3 is 0 Å². The van der Waals surface area contributed by atoms with Crippen LogP contribution in [0.1, 0.15) is 0 Å². The Bertz CT molecular complexity index is 811. The van der Waals surface area contributed by atoms with E-state index in [9.17, 15) is 9.18 Å². The summed E-state index contributed by atoms with van der Waals surface area (Å²) in [5.74, 6) is -0.586. The number of halogens is 2. The van der Waals surface area contributed by atoms with Gasteiger partial charge in [0.05, 0.1) is 10.5 Å². The third-order valence-corrected chi connectivity index (χ3v) is 3.26. The van der Waals surface area contributed by atoms with E-state index in [4.69, 9.17) is 11.6 Å². The van der Waals surface area contributed by atoms with E-state index < -0.39 is 5.82 Å².